The minimum Gasteiger partial charge on any atom is -0.457 e. The molecule has 112 valence electrons. The van der Waals surface area contributed by atoms with Crippen LogP contribution in [-0.4, -0.2) is 20.3 Å². The van der Waals surface area contributed by atoms with Gasteiger partial charge in [0.05, 0.1) is 6.61 Å². The number of methoxy groups -OCH3 is 1. The summed E-state index contributed by atoms with van der Waals surface area (Å²) >= 11 is 0. The normalized spacial score (nSPS) is 10.6. The van der Waals surface area contributed by atoms with Crippen LogP contribution in [-0.2, 0) is 11.3 Å². The third kappa shape index (κ3) is 4.88. The van der Waals surface area contributed by atoms with Gasteiger partial charge in [-0.15, -0.1) is 0 Å². The molecule has 0 bridgehead atoms. The van der Waals surface area contributed by atoms with Gasteiger partial charge < -0.3 is 14.8 Å². The predicted molar refractivity (Wildman–Crippen MR) is 86.0 cm³/mol. The molecule has 3 nitrogen and oxygen atoms in total. The van der Waals surface area contributed by atoms with Crippen molar-refractivity contribution in [2.75, 3.05) is 20.3 Å². The molecule has 0 aliphatic carbocycles. The Kier molecular flexibility index (Phi) is 5.78. The molecule has 1 N–H and O–H groups in total. The largest absolute Gasteiger partial charge is 0.457 e. The van der Waals surface area contributed by atoms with Crippen LogP contribution >= 0.6 is 0 Å². The van der Waals surface area contributed by atoms with Gasteiger partial charge in [-0.25, -0.2) is 0 Å². The number of hydrogen-bond donors (Lipinski definition) is 1. The van der Waals surface area contributed by atoms with E-state index in [4.69, 9.17) is 9.47 Å². The van der Waals surface area contributed by atoms with E-state index in [1.54, 1.807) is 7.11 Å². The average Bonchev–Trinajstić information content (AvgIpc) is 2.48. The highest BCUT2D eigenvalue weighted by Gasteiger charge is 2.05. The van der Waals surface area contributed by atoms with Crippen molar-refractivity contribution in [3.63, 3.8) is 0 Å². The molecule has 0 saturated carbocycles. The maximum absolute atomic E-state index is 6.01. The lowest BCUT2D eigenvalue weighted by atomic mass is 10.1. The van der Waals surface area contributed by atoms with Gasteiger partial charge >= 0.3 is 0 Å². The molecule has 21 heavy (non-hydrogen) atoms. The van der Waals surface area contributed by atoms with E-state index in [1.807, 2.05) is 18.2 Å². The van der Waals surface area contributed by atoms with Crippen molar-refractivity contribution in [3.8, 4) is 11.5 Å². The summed E-state index contributed by atoms with van der Waals surface area (Å²) in [5.74, 6) is 1.76. The van der Waals surface area contributed by atoms with Crippen LogP contribution in [0.3, 0.4) is 0 Å². The molecule has 2 aromatic rings. The van der Waals surface area contributed by atoms with E-state index < -0.39 is 0 Å². The monoisotopic (exact) mass is 285 g/mol. The fourth-order valence-corrected chi connectivity index (χ4v) is 2.08. The van der Waals surface area contributed by atoms with Gasteiger partial charge in [0, 0.05) is 25.8 Å². The summed E-state index contributed by atoms with van der Waals surface area (Å²) in [4.78, 5) is 0. The van der Waals surface area contributed by atoms with Crippen molar-refractivity contribution < 1.29 is 9.47 Å². The summed E-state index contributed by atoms with van der Waals surface area (Å²) < 4.78 is 11.1. The summed E-state index contributed by atoms with van der Waals surface area (Å²) in [6.45, 7) is 6.47. The lowest BCUT2D eigenvalue weighted by Crippen LogP contribution is -2.18. The van der Waals surface area contributed by atoms with Crippen LogP contribution in [0.5, 0.6) is 11.5 Å². The molecule has 3 heteroatoms. The van der Waals surface area contributed by atoms with E-state index in [1.165, 1.54) is 11.1 Å². The zero-order valence-corrected chi connectivity index (χ0v) is 13.0. The van der Waals surface area contributed by atoms with Crippen LogP contribution in [0.15, 0.2) is 42.5 Å². The minimum atomic E-state index is 0.708. The number of benzene rings is 2. The first-order valence-corrected chi connectivity index (χ1v) is 7.23. The molecule has 0 saturated heterocycles. The van der Waals surface area contributed by atoms with E-state index in [0.29, 0.717) is 6.61 Å². The molecule has 0 heterocycles. The number of aryl methyl sites for hydroxylation is 2. The smallest absolute Gasteiger partial charge is 0.131 e. The van der Waals surface area contributed by atoms with Crippen molar-refractivity contribution in [2.24, 2.45) is 0 Å². The molecule has 0 aliphatic heterocycles. The zero-order chi connectivity index (χ0) is 15.1. The highest BCUT2D eigenvalue weighted by atomic mass is 16.5. The Labute approximate surface area is 126 Å². The topological polar surface area (TPSA) is 30.5 Å². The third-order valence-corrected chi connectivity index (χ3v) is 3.26. The summed E-state index contributed by atoms with van der Waals surface area (Å²) in [5, 5.41) is 3.36. The molecule has 0 aliphatic rings. The molecule has 0 unspecified atom stereocenters. The lowest BCUT2D eigenvalue weighted by Gasteiger charge is -2.13. The molecule has 0 atom stereocenters. The van der Waals surface area contributed by atoms with Crippen molar-refractivity contribution >= 4 is 0 Å². The molecule has 0 fully saturated rings. The second-order valence-electron chi connectivity index (χ2n) is 5.20. The SMILES string of the molecule is COCCNCc1cc(C)ccc1Oc1ccc(C)cc1. The van der Waals surface area contributed by atoms with Crippen LogP contribution in [0.25, 0.3) is 0 Å². The molecule has 0 aromatic heterocycles. The Bertz CT molecular complexity index is 564. The Morgan fingerprint density at radius 1 is 0.952 bits per heavy atom. The number of ether oxygens (including phenoxy) is 2. The highest BCUT2D eigenvalue weighted by molar-refractivity contribution is 5.40. The maximum atomic E-state index is 6.01. The van der Waals surface area contributed by atoms with E-state index in [-0.39, 0.29) is 0 Å². The second-order valence-corrected chi connectivity index (χ2v) is 5.20. The van der Waals surface area contributed by atoms with E-state index in [0.717, 1.165) is 30.2 Å². The van der Waals surface area contributed by atoms with Crippen molar-refractivity contribution in [3.05, 3.63) is 59.2 Å². The van der Waals surface area contributed by atoms with Gasteiger partial charge in [0.25, 0.3) is 0 Å². The fraction of sp³-hybridized carbons (Fsp3) is 0.333. The van der Waals surface area contributed by atoms with Crippen molar-refractivity contribution in [2.45, 2.75) is 20.4 Å². The quantitative estimate of drug-likeness (QED) is 0.784. The maximum Gasteiger partial charge on any atom is 0.131 e. The number of rotatable bonds is 7. The van der Waals surface area contributed by atoms with E-state index in [2.05, 4.69) is 43.4 Å². The first kappa shape index (κ1) is 15.5. The van der Waals surface area contributed by atoms with Gasteiger partial charge in [-0.1, -0.05) is 35.4 Å². The van der Waals surface area contributed by atoms with Crippen LogP contribution in [0, 0.1) is 13.8 Å². The summed E-state index contributed by atoms with van der Waals surface area (Å²) in [6.07, 6.45) is 0. The standard InChI is InChI=1S/C18H23NO2/c1-14-4-7-17(8-5-14)21-18-9-6-15(2)12-16(18)13-19-10-11-20-3/h4-9,12,19H,10-11,13H2,1-3H3. The second kappa shape index (κ2) is 7.81. The highest BCUT2D eigenvalue weighted by Crippen LogP contribution is 2.26. The molecule has 0 radical (unpaired) electrons. The Morgan fingerprint density at radius 3 is 2.38 bits per heavy atom. The number of nitrogens with one attached hydrogen (secondary N) is 1. The first-order chi connectivity index (χ1) is 10.2. The zero-order valence-electron chi connectivity index (χ0n) is 13.0. The first-order valence-electron chi connectivity index (χ1n) is 7.23. The van der Waals surface area contributed by atoms with Crippen LogP contribution < -0.4 is 10.1 Å². The Balaban J connectivity index is 2.08. The van der Waals surface area contributed by atoms with Crippen molar-refractivity contribution in [1.82, 2.24) is 5.32 Å². The molecule has 0 amide bonds. The number of hydrogen-bond acceptors (Lipinski definition) is 3. The van der Waals surface area contributed by atoms with Gasteiger partial charge in [-0.2, -0.15) is 0 Å². The van der Waals surface area contributed by atoms with Gasteiger partial charge in [-0.3, -0.25) is 0 Å². The lowest BCUT2D eigenvalue weighted by molar-refractivity contribution is 0.199. The molecular weight excluding hydrogens is 262 g/mol. The summed E-state index contributed by atoms with van der Waals surface area (Å²) in [7, 11) is 1.71. The van der Waals surface area contributed by atoms with E-state index in [9.17, 15) is 0 Å². The predicted octanol–water partition coefficient (Wildman–Crippen LogP) is 3.83. The third-order valence-electron chi connectivity index (χ3n) is 3.26. The van der Waals surface area contributed by atoms with Crippen LogP contribution in [0.4, 0.5) is 0 Å². The van der Waals surface area contributed by atoms with Crippen molar-refractivity contribution in [1.29, 1.82) is 0 Å². The van der Waals surface area contributed by atoms with Crippen LogP contribution in [0.2, 0.25) is 0 Å². The van der Waals surface area contributed by atoms with Gasteiger partial charge in [-0.05, 0) is 32.0 Å². The molecule has 0 spiro atoms. The Hall–Kier alpha value is -1.84. The summed E-state index contributed by atoms with van der Waals surface area (Å²) in [6, 6.07) is 14.4. The molecular formula is C18H23NO2. The van der Waals surface area contributed by atoms with E-state index >= 15 is 0 Å². The summed E-state index contributed by atoms with van der Waals surface area (Å²) in [5.41, 5.74) is 3.62. The molecule has 2 rings (SSSR count). The van der Waals surface area contributed by atoms with Gasteiger partial charge in [0.15, 0.2) is 0 Å². The van der Waals surface area contributed by atoms with Gasteiger partial charge in [0.2, 0.25) is 0 Å². The van der Waals surface area contributed by atoms with Crippen LogP contribution in [0.1, 0.15) is 16.7 Å². The molecule has 2 aromatic carbocycles. The minimum absolute atomic E-state index is 0.708. The van der Waals surface area contributed by atoms with Gasteiger partial charge in [0.1, 0.15) is 11.5 Å². The fourth-order valence-electron chi connectivity index (χ4n) is 2.08. The average molecular weight is 285 g/mol. The Morgan fingerprint density at radius 2 is 1.67 bits per heavy atom.